The Kier molecular flexibility index (Phi) is 20.5. The second kappa shape index (κ2) is 27.3. The molecule has 5 amide bonds. The molecule has 2 bridgehead atoms. The first-order chi connectivity index (χ1) is 42.4. The molecule has 90 heavy (non-hydrogen) atoms. The average molecular weight is 1270 g/mol. The smallest absolute Gasteiger partial charge is 0.350 e. The number of esters is 5. The molecule has 2 heterocycles. The number of amides is 5. The SMILES string of the molecule is CC(=O)O[C@H]1C(=O)[C@@]2(C)[C@H]([C@H](OC(=O)c3ccccc3)[C@]3(O)C[C@H](OC(=O)[C@H](OC(=O)CCC(=O)N[C@@H](CCCCN4C(=O)C=CC4=O)C(=O)NCCS(=O)(=O)O)[C@H](NC(=O)c4ccccc4)c4ccccc4)C(C)=C1C3(C)C)[C@]1(OC(C)=O)CO[C@@H]1C[C@@H]2O. The van der Waals surface area contributed by atoms with Gasteiger partial charge in [0, 0.05) is 69.3 Å². The van der Waals surface area contributed by atoms with Crippen molar-refractivity contribution >= 4 is 75.3 Å². The Morgan fingerprint density at radius 3 is 1.98 bits per heavy atom. The molecular weight excluding hydrogens is 1200 g/mol. The number of imide groups is 1. The predicted molar refractivity (Wildman–Crippen MR) is 312 cm³/mol. The summed E-state index contributed by atoms with van der Waals surface area (Å²) in [6.45, 7) is 6.84. The molecule has 5 aliphatic rings. The predicted octanol–water partition coefficient (Wildman–Crippen LogP) is 2.65. The van der Waals surface area contributed by atoms with Gasteiger partial charge in [-0.15, -0.1) is 0 Å². The van der Waals surface area contributed by atoms with Crippen molar-refractivity contribution in [2.45, 2.75) is 146 Å². The van der Waals surface area contributed by atoms with Crippen molar-refractivity contribution in [1.29, 1.82) is 0 Å². The standard InChI is InChI=1S/C63H72N4O22S/c1-35-42(33-63(80)55(88-58(78)40-22-14-9-15-23-40)53-61(6,43(70)32-44-62(53,34-84-44)89-37(3)69)54(75)51(85-36(2)68)49(35)60(63,4)5)86-59(79)52(50(38-18-10-7-11-19-38)66-56(76)39-20-12-8-13-21-39)87-48(74)28-25-45(71)65-41(57(77)64-29-31-90(81,82)83)24-16-17-30-67-46(72)26-27-47(67)73/h7-15,18-23,26-27,41-44,50-53,55,70,80H,16-17,24-25,28-34H2,1-6H3,(H,64,77)(H,65,71)(H,66,76)(H,81,82,83)/t41-,42-,43-,44+,50+,51+,52+,53-,55-,61+,62-,63+/m0/s1. The van der Waals surface area contributed by atoms with Crippen LogP contribution >= 0.6 is 0 Å². The maximum Gasteiger partial charge on any atom is 0.350 e. The maximum absolute atomic E-state index is 15.9. The number of Topliss-reactive ketones (excluding diaryl/α,β-unsaturated/α-hetero) is 1. The Morgan fingerprint density at radius 2 is 1.40 bits per heavy atom. The van der Waals surface area contributed by atoms with Gasteiger partial charge in [0.1, 0.15) is 36.0 Å². The van der Waals surface area contributed by atoms with E-state index in [4.69, 9.17) is 28.4 Å². The van der Waals surface area contributed by atoms with Crippen LogP contribution < -0.4 is 16.0 Å². The van der Waals surface area contributed by atoms with E-state index in [1.807, 2.05) is 0 Å². The summed E-state index contributed by atoms with van der Waals surface area (Å²) in [5.74, 6) is -12.8. The fourth-order valence-corrected chi connectivity index (χ4v) is 13.3. The largest absolute Gasteiger partial charge is 0.455 e. The number of carbonyl (C=O) groups excluding carboxylic acids is 11. The van der Waals surface area contributed by atoms with E-state index in [-0.39, 0.29) is 60.1 Å². The van der Waals surface area contributed by atoms with Gasteiger partial charge in [-0.05, 0) is 74.1 Å². The lowest BCUT2D eigenvalue weighted by molar-refractivity contribution is -0.346. The van der Waals surface area contributed by atoms with Gasteiger partial charge in [0.15, 0.2) is 17.5 Å². The number of hydrogen-bond donors (Lipinski definition) is 6. The molecule has 2 aliphatic heterocycles. The van der Waals surface area contributed by atoms with Gasteiger partial charge in [0.2, 0.25) is 17.9 Å². The fraction of sp³-hybridized carbons (Fsp3) is 0.476. The van der Waals surface area contributed by atoms with E-state index in [1.165, 1.54) is 64.1 Å². The lowest BCUT2D eigenvalue weighted by Crippen LogP contribution is -2.82. The number of fused-ring (bicyclic) bond motifs is 5. The van der Waals surface area contributed by atoms with E-state index in [1.54, 1.807) is 54.6 Å². The molecule has 3 aromatic carbocycles. The summed E-state index contributed by atoms with van der Waals surface area (Å²) in [4.78, 5) is 153. The van der Waals surface area contributed by atoms with Crippen LogP contribution in [0.25, 0.3) is 0 Å². The van der Waals surface area contributed by atoms with E-state index in [2.05, 4.69) is 16.0 Å². The van der Waals surface area contributed by atoms with Crippen LogP contribution in [-0.2, 0) is 81.7 Å². The van der Waals surface area contributed by atoms with E-state index >= 15 is 9.59 Å². The van der Waals surface area contributed by atoms with Gasteiger partial charge in [-0.3, -0.25) is 52.6 Å². The highest BCUT2D eigenvalue weighted by atomic mass is 32.2. The molecule has 3 fully saturated rings. The second-order valence-corrected chi connectivity index (χ2v) is 25.2. The third kappa shape index (κ3) is 14.1. The van der Waals surface area contributed by atoms with Crippen molar-refractivity contribution in [3.8, 4) is 0 Å². The van der Waals surface area contributed by atoms with E-state index in [0.717, 1.165) is 30.9 Å². The van der Waals surface area contributed by atoms with Gasteiger partial charge in [-0.1, -0.05) is 80.6 Å². The van der Waals surface area contributed by atoms with Crippen LogP contribution in [0.1, 0.15) is 119 Å². The highest BCUT2D eigenvalue weighted by Gasteiger charge is 2.78. The summed E-state index contributed by atoms with van der Waals surface area (Å²) < 4.78 is 68.9. The number of nitrogens with one attached hydrogen (secondary N) is 3. The Bertz CT molecular complexity index is 3470. The molecule has 26 nitrogen and oxygen atoms in total. The number of hydrogen-bond acceptors (Lipinski definition) is 21. The van der Waals surface area contributed by atoms with Gasteiger partial charge >= 0.3 is 29.8 Å². The van der Waals surface area contributed by atoms with Crippen molar-refractivity contribution in [2.24, 2.45) is 16.7 Å². The molecule has 27 heteroatoms. The lowest BCUT2D eigenvalue weighted by atomic mass is 9.44. The van der Waals surface area contributed by atoms with Crippen LogP contribution in [0.4, 0.5) is 0 Å². The molecule has 2 saturated carbocycles. The molecular formula is C63H72N4O22S. The van der Waals surface area contributed by atoms with E-state index in [9.17, 15) is 66.3 Å². The first-order valence-electron chi connectivity index (χ1n) is 29.2. The number of rotatable bonds is 24. The normalized spacial score (nSPS) is 26.7. The van der Waals surface area contributed by atoms with Gasteiger partial charge in [0.25, 0.3) is 27.8 Å². The third-order valence-corrected chi connectivity index (χ3v) is 18.3. The molecule has 0 unspecified atom stereocenters. The molecule has 6 N–H and O–H groups in total. The van der Waals surface area contributed by atoms with Crippen LogP contribution in [-0.4, -0.2) is 173 Å². The summed E-state index contributed by atoms with van der Waals surface area (Å²) in [6, 6.07) is 20.0. The number of aliphatic hydroxyl groups is 2. The Labute approximate surface area is 518 Å². The highest BCUT2D eigenvalue weighted by Crippen LogP contribution is 2.64. The van der Waals surface area contributed by atoms with Crippen LogP contribution in [0.5, 0.6) is 0 Å². The molecule has 482 valence electrons. The molecule has 0 spiro atoms. The van der Waals surface area contributed by atoms with Gasteiger partial charge < -0.3 is 54.6 Å². The number of nitrogens with zero attached hydrogens (tertiary/aromatic N) is 1. The number of ether oxygens (including phenoxy) is 6. The van der Waals surface area contributed by atoms with Gasteiger partial charge in [-0.2, -0.15) is 8.42 Å². The summed E-state index contributed by atoms with van der Waals surface area (Å²) in [5, 5.41) is 33.9. The molecule has 1 saturated heterocycles. The quantitative estimate of drug-likeness (QED) is 0.0187. The third-order valence-electron chi connectivity index (χ3n) is 17.6. The highest BCUT2D eigenvalue weighted by molar-refractivity contribution is 7.85. The van der Waals surface area contributed by atoms with Crippen molar-refractivity contribution in [3.05, 3.63) is 131 Å². The minimum Gasteiger partial charge on any atom is -0.455 e. The molecule has 0 radical (unpaired) electrons. The number of benzene rings is 3. The summed E-state index contributed by atoms with van der Waals surface area (Å²) >= 11 is 0. The first kappa shape index (κ1) is 67.4. The lowest BCUT2D eigenvalue weighted by Gasteiger charge is -2.67. The fourth-order valence-electron chi connectivity index (χ4n) is 12.9. The summed E-state index contributed by atoms with van der Waals surface area (Å²) in [7, 11) is -4.52. The Morgan fingerprint density at radius 1 is 0.789 bits per heavy atom. The molecule has 8 rings (SSSR count). The van der Waals surface area contributed by atoms with Crippen LogP contribution in [0, 0.1) is 16.7 Å². The van der Waals surface area contributed by atoms with Crippen molar-refractivity contribution < 1.29 is 104 Å². The number of ketones is 1. The number of aliphatic hydroxyl groups excluding tert-OH is 1. The number of unbranched alkanes of at least 4 members (excludes halogenated alkanes) is 1. The van der Waals surface area contributed by atoms with Crippen molar-refractivity contribution in [3.63, 3.8) is 0 Å². The molecule has 0 aromatic heterocycles. The molecule has 3 aliphatic carbocycles. The first-order valence-corrected chi connectivity index (χ1v) is 30.8. The Balaban J connectivity index is 1.17. The zero-order valence-electron chi connectivity index (χ0n) is 50.2. The minimum absolute atomic E-state index is 0.00982. The molecule has 3 aromatic rings. The topological polar surface area (TPSA) is 377 Å². The van der Waals surface area contributed by atoms with E-state index < -0.39 is 190 Å². The maximum atomic E-state index is 15.9. The minimum atomic E-state index is -4.52. The zero-order chi connectivity index (χ0) is 65.7. The van der Waals surface area contributed by atoms with Crippen LogP contribution in [0.15, 0.2) is 114 Å². The van der Waals surface area contributed by atoms with Crippen molar-refractivity contribution in [2.75, 3.05) is 25.4 Å². The monoisotopic (exact) mass is 1270 g/mol. The average Bonchev–Trinajstić information content (AvgIpc) is 0.706. The van der Waals surface area contributed by atoms with Crippen LogP contribution in [0.2, 0.25) is 0 Å². The second-order valence-electron chi connectivity index (χ2n) is 23.7. The van der Waals surface area contributed by atoms with Gasteiger partial charge in [0.05, 0.1) is 41.8 Å². The van der Waals surface area contributed by atoms with Crippen LogP contribution in [0.3, 0.4) is 0 Å². The Hall–Kier alpha value is -8.50. The van der Waals surface area contributed by atoms with Crippen molar-refractivity contribution in [1.82, 2.24) is 20.9 Å². The number of carbonyl (C=O) groups is 11. The summed E-state index contributed by atoms with van der Waals surface area (Å²) in [6.07, 6.45) is -10.9. The van der Waals surface area contributed by atoms with Gasteiger partial charge in [-0.25, -0.2) is 9.59 Å². The van der Waals surface area contributed by atoms with E-state index in [0.29, 0.717) is 0 Å². The summed E-state index contributed by atoms with van der Waals surface area (Å²) in [5.41, 5.74) is -8.44. The zero-order valence-corrected chi connectivity index (χ0v) is 51.1. The molecule has 12 atom stereocenters.